The highest BCUT2D eigenvalue weighted by atomic mass is 35.5. The van der Waals surface area contributed by atoms with E-state index in [2.05, 4.69) is 16.7 Å². The van der Waals surface area contributed by atoms with Crippen LogP contribution in [0.25, 0.3) is 5.57 Å². The summed E-state index contributed by atoms with van der Waals surface area (Å²) < 4.78 is 1.53. The van der Waals surface area contributed by atoms with Gasteiger partial charge in [-0.25, -0.2) is 9.67 Å². The van der Waals surface area contributed by atoms with Gasteiger partial charge in [0.1, 0.15) is 18.3 Å². The fourth-order valence-corrected chi connectivity index (χ4v) is 3.16. The van der Waals surface area contributed by atoms with Crippen molar-refractivity contribution in [2.45, 2.75) is 12.1 Å². The predicted molar refractivity (Wildman–Crippen MR) is 95.9 cm³/mol. The highest BCUT2D eigenvalue weighted by molar-refractivity contribution is 6.33. The number of aliphatic hydroxyl groups is 1. The molecule has 1 atom stereocenters. The lowest BCUT2D eigenvalue weighted by Gasteiger charge is -2.32. The van der Waals surface area contributed by atoms with Crippen molar-refractivity contribution in [3.8, 4) is 0 Å². The predicted octanol–water partition coefficient (Wildman–Crippen LogP) is 4.19. The van der Waals surface area contributed by atoms with Crippen molar-refractivity contribution in [1.82, 2.24) is 14.8 Å². The van der Waals surface area contributed by atoms with Gasteiger partial charge in [0.15, 0.2) is 0 Å². The van der Waals surface area contributed by atoms with E-state index in [0.29, 0.717) is 26.7 Å². The molecule has 0 spiro atoms. The molecule has 24 heavy (non-hydrogen) atoms. The van der Waals surface area contributed by atoms with E-state index in [1.54, 1.807) is 24.3 Å². The van der Waals surface area contributed by atoms with Crippen LogP contribution in [0.15, 0.2) is 67.8 Å². The van der Waals surface area contributed by atoms with Gasteiger partial charge in [0.2, 0.25) is 0 Å². The smallest absolute Gasteiger partial charge is 0.137 e. The summed E-state index contributed by atoms with van der Waals surface area (Å²) in [7, 11) is 0. The summed E-state index contributed by atoms with van der Waals surface area (Å²) in [4.78, 5) is 3.92. The fourth-order valence-electron chi connectivity index (χ4n) is 2.62. The maximum atomic E-state index is 11.6. The van der Waals surface area contributed by atoms with Gasteiger partial charge in [0.05, 0.1) is 6.54 Å². The van der Waals surface area contributed by atoms with E-state index >= 15 is 0 Å². The van der Waals surface area contributed by atoms with Crippen LogP contribution in [0, 0.1) is 0 Å². The summed E-state index contributed by atoms with van der Waals surface area (Å²) in [5.74, 6) is 0. The molecule has 1 N–H and O–H groups in total. The van der Waals surface area contributed by atoms with E-state index < -0.39 is 5.60 Å². The first kappa shape index (κ1) is 16.7. The summed E-state index contributed by atoms with van der Waals surface area (Å²) in [5, 5.41) is 16.6. The molecule has 4 nitrogen and oxygen atoms in total. The van der Waals surface area contributed by atoms with Crippen LogP contribution in [-0.4, -0.2) is 19.9 Å². The van der Waals surface area contributed by atoms with Crippen LogP contribution in [0.2, 0.25) is 10.0 Å². The van der Waals surface area contributed by atoms with Gasteiger partial charge in [0.25, 0.3) is 0 Å². The van der Waals surface area contributed by atoms with Gasteiger partial charge in [-0.2, -0.15) is 5.10 Å². The SMILES string of the molecule is C=C(c1ccccc1Cl)C(O)(Cn1cncn1)c1ccccc1Cl. The monoisotopic (exact) mass is 359 g/mol. The van der Waals surface area contributed by atoms with Crippen LogP contribution in [0.5, 0.6) is 0 Å². The van der Waals surface area contributed by atoms with E-state index in [4.69, 9.17) is 23.2 Å². The number of benzene rings is 2. The van der Waals surface area contributed by atoms with Crippen LogP contribution in [-0.2, 0) is 12.1 Å². The zero-order valence-corrected chi connectivity index (χ0v) is 14.2. The summed E-state index contributed by atoms with van der Waals surface area (Å²) in [6.07, 6.45) is 2.94. The zero-order valence-electron chi connectivity index (χ0n) is 12.7. The van der Waals surface area contributed by atoms with Crippen molar-refractivity contribution < 1.29 is 5.11 Å². The number of halogens is 2. The molecule has 0 fully saturated rings. The molecule has 3 rings (SSSR count). The second kappa shape index (κ2) is 6.77. The lowest BCUT2D eigenvalue weighted by molar-refractivity contribution is 0.0767. The first-order valence-corrected chi connectivity index (χ1v) is 8.02. The summed E-state index contributed by atoms with van der Waals surface area (Å²) in [5.41, 5.74) is 0.141. The molecule has 1 heterocycles. The van der Waals surface area contributed by atoms with Gasteiger partial charge < -0.3 is 5.11 Å². The van der Waals surface area contributed by atoms with Crippen LogP contribution in [0.4, 0.5) is 0 Å². The molecule has 0 aliphatic carbocycles. The number of rotatable bonds is 5. The van der Waals surface area contributed by atoms with Crippen molar-refractivity contribution in [2.24, 2.45) is 0 Å². The Morgan fingerprint density at radius 3 is 2.38 bits per heavy atom. The summed E-state index contributed by atoms with van der Waals surface area (Å²) in [6, 6.07) is 14.3. The first-order chi connectivity index (χ1) is 11.5. The van der Waals surface area contributed by atoms with E-state index in [-0.39, 0.29) is 6.54 Å². The molecule has 0 saturated heterocycles. The minimum Gasteiger partial charge on any atom is -0.378 e. The quantitative estimate of drug-likeness (QED) is 0.742. The van der Waals surface area contributed by atoms with Gasteiger partial charge in [-0.05, 0) is 23.3 Å². The van der Waals surface area contributed by atoms with Gasteiger partial charge in [-0.1, -0.05) is 66.2 Å². The van der Waals surface area contributed by atoms with Crippen molar-refractivity contribution >= 4 is 28.8 Å². The molecule has 0 radical (unpaired) electrons. The summed E-state index contributed by atoms with van der Waals surface area (Å²) in [6.45, 7) is 4.21. The number of hydrogen-bond acceptors (Lipinski definition) is 3. The molecule has 2 aromatic carbocycles. The summed E-state index contributed by atoms with van der Waals surface area (Å²) >= 11 is 12.6. The Bertz CT molecular complexity index is 864. The lowest BCUT2D eigenvalue weighted by Crippen LogP contribution is -2.33. The average Bonchev–Trinajstić information content (AvgIpc) is 3.07. The molecule has 0 bridgehead atoms. The molecular weight excluding hydrogens is 345 g/mol. The topological polar surface area (TPSA) is 50.9 Å². The van der Waals surface area contributed by atoms with Crippen LogP contribution in [0.3, 0.4) is 0 Å². The Labute approximate surface area is 150 Å². The van der Waals surface area contributed by atoms with Gasteiger partial charge in [0, 0.05) is 15.6 Å². The van der Waals surface area contributed by atoms with Crippen LogP contribution >= 0.6 is 23.2 Å². The van der Waals surface area contributed by atoms with E-state index in [0.717, 1.165) is 0 Å². The van der Waals surface area contributed by atoms with E-state index in [1.165, 1.54) is 17.3 Å². The van der Waals surface area contributed by atoms with Crippen molar-refractivity contribution in [1.29, 1.82) is 0 Å². The Hall–Kier alpha value is -2.14. The molecular formula is C18H15Cl2N3O. The minimum atomic E-state index is -1.49. The Morgan fingerprint density at radius 2 is 1.75 bits per heavy atom. The largest absolute Gasteiger partial charge is 0.378 e. The third kappa shape index (κ3) is 3.08. The molecule has 0 aliphatic rings. The zero-order chi connectivity index (χ0) is 17.2. The molecule has 122 valence electrons. The normalized spacial score (nSPS) is 13.5. The number of aromatic nitrogens is 3. The highest BCUT2D eigenvalue weighted by Crippen LogP contribution is 2.41. The Kier molecular flexibility index (Phi) is 4.71. The average molecular weight is 360 g/mol. The third-order valence-electron chi connectivity index (χ3n) is 3.88. The molecule has 0 aliphatic heterocycles. The van der Waals surface area contributed by atoms with Crippen molar-refractivity contribution in [2.75, 3.05) is 0 Å². The third-order valence-corrected chi connectivity index (χ3v) is 4.53. The fraction of sp³-hybridized carbons (Fsp3) is 0.111. The Balaban J connectivity index is 2.13. The minimum absolute atomic E-state index is 0.112. The Morgan fingerprint density at radius 1 is 1.08 bits per heavy atom. The van der Waals surface area contributed by atoms with Crippen LogP contribution in [0.1, 0.15) is 11.1 Å². The maximum Gasteiger partial charge on any atom is 0.137 e. The molecule has 0 amide bonds. The van der Waals surface area contributed by atoms with E-state index in [9.17, 15) is 5.11 Å². The standard InChI is InChI=1S/C18H15Cl2N3O/c1-13(14-6-2-4-8-16(14)19)18(24,10-23-12-21-11-22-23)15-7-3-5-9-17(15)20/h2-9,11-12,24H,1,10H2. The molecule has 1 aromatic heterocycles. The van der Waals surface area contributed by atoms with Gasteiger partial charge >= 0.3 is 0 Å². The second-order valence-electron chi connectivity index (χ2n) is 5.39. The molecule has 1 unspecified atom stereocenters. The highest BCUT2D eigenvalue weighted by Gasteiger charge is 2.36. The number of nitrogens with zero attached hydrogens (tertiary/aromatic N) is 3. The molecule has 6 heteroatoms. The van der Waals surface area contributed by atoms with E-state index in [1.807, 2.05) is 24.3 Å². The van der Waals surface area contributed by atoms with Crippen molar-refractivity contribution in [3.05, 3.63) is 88.9 Å². The van der Waals surface area contributed by atoms with Crippen molar-refractivity contribution in [3.63, 3.8) is 0 Å². The maximum absolute atomic E-state index is 11.6. The van der Waals surface area contributed by atoms with Gasteiger partial charge in [-0.15, -0.1) is 0 Å². The second-order valence-corrected chi connectivity index (χ2v) is 6.21. The molecule has 3 aromatic rings. The molecule has 0 saturated carbocycles. The van der Waals surface area contributed by atoms with Crippen LogP contribution < -0.4 is 0 Å². The van der Waals surface area contributed by atoms with Gasteiger partial charge in [-0.3, -0.25) is 0 Å². The number of hydrogen-bond donors (Lipinski definition) is 1. The first-order valence-electron chi connectivity index (χ1n) is 7.26. The lowest BCUT2D eigenvalue weighted by atomic mass is 9.83.